The number of pyridine rings is 1. The summed E-state index contributed by atoms with van der Waals surface area (Å²) < 4.78 is 0. The molecule has 1 atom stereocenters. The number of anilines is 1. The van der Waals surface area contributed by atoms with Crippen molar-refractivity contribution in [3.05, 3.63) is 24.0 Å². The van der Waals surface area contributed by atoms with Gasteiger partial charge in [0, 0.05) is 37.1 Å². The average molecular weight is 247 g/mol. The zero-order chi connectivity index (χ0) is 13.0. The van der Waals surface area contributed by atoms with E-state index in [0.29, 0.717) is 12.1 Å². The molecule has 1 fully saturated rings. The molecule has 0 amide bonds. The molecule has 1 aliphatic rings. The highest BCUT2D eigenvalue weighted by atomic mass is 15.2. The minimum absolute atomic E-state index is 0.504. The van der Waals surface area contributed by atoms with Crippen LogP contribution in [-0.2, 0) is 6.54 Å². The number of piperidine rings is 1. The van der Waals surface area contributed by atoms with E-state index >= 15 is 0 Å². The molecule has 0 aliphatic carbocycles. The summed E-state index contributed by atoms with van der Waals surface area (Å²) in [7, 11) is 0. The summed E-state index contributed by atoms with van der Waals surface area (Å²) in [5.41, 5.74) is 2.47. The molecule has 1 aliphatic heterocycles. The fourth-order valence-corrected chi connectivity index (χ4v) is 2.53. The standard InChI is InChI=1S/C15H25N3/c1-12(2)17-11-14-10-15(7-8-16-14)18-9-5-4-6-13(18)3/h7-8,10,12-13,17H,4-6,9,11H2,1-3H3. The van der Waals surface area contributed by atoms with E-state index in [2.05, 4.69) is 48.1 Å². The molecule has 0 bridgehead atoms. The molecule has 1 unspecified atom stereocenters. The van der Waals surface area contributed by atoms with E-state index in [9.17, 15) is 0 Å². The van der Waals surface area contributed by atoms with E-state index in [1.807, 2.05) is 6.20 Å². The largest absolute Gasteiger partial charge is 0.369 e. The molecule has 2 heterocycles. The molecule has 0 aromatic carbocycles. The van der Waals surface area contributed by atoms with Crippen LogP contribution in [0.5, 0.6) is 0 Å². The Bertz CT molecular complexity index is 376. The summed E-state index contributed by atoms with van der Waals surface area (Å²) in [4.78, 5) is 6.96. The van der Waals surface area contributed by atoms with Crippen molar-refractivity contribution in [2.45, 2.75) is 58.7 Å². The Morgan fingerprint density at radius 1 is 1.44 bits per heavy atom. The van der Waals surface area contributed by atoms with Gasteiger partial charge in [-0.15, -0.1) is 0 Å². The molecule has 3 nitrogen and oxygen atoms in total. The predicted molar refractivity (Wildman–Crippen MR) is 76.9 cm³/mol. The number of nitrogens with one attached hydrogen (secondary N) is 1. The lowest BCUT2D eigenvalue weighted by Gasteiger charge is -2.35. The lowest BCUT2D eigenvalue weighted by atomic mass is 10.0. The smallest absolute Gasteiger partial charge is 0.0562 e. The zero-order valence-electron chi connectivity index (χ0n) is 11.8. The molecule has 2 rings (SSSR count). The minimum Gasteiger partial charge on any atom is -0.369 e. The maximum atomic E-state index is 4.44. The molecule has 0 radical (unpaired) electrons. The fourth-order valence-electron chi connectivity index (χ4n) is 2.53. The van der Waals surface area contributed by atoms with Gasteiger partial charge < -0.3 is 10.2 Å². The monoisotopic (exact) mass is 247 g/mol. The second-order valence-electron chi connectivity index (χ2n) is 5.58. The maximum Gasteiger partial charge on any atom is 0.0562 e. The zero-order valence-corrected chi connectivity index (χ0v) is 11.8. The van der Waals surface area contributed by atoms with Crippen molar-refractivity contribution in [2.24, 2.45) is 0 Å². The molecule has 0 saturated carbocycles. The van der Waals surface area contributed by atoms with Gasteiger partial charge in [0.25, 0.3) is 0 Å². The van der Waals surface area contributed by atoms with E-state index in [-0.39, 0.29) is 0 Å². The minimum atomic E-state index is 0.504. The third-order valence-corrected chi connectivity index (χ3v) is 3.63. The number of rotatable bonds is 4. The Balaban J connectivity index is 2.06. The van der Waals surface area contributed by atoms with Crippen molar-refractivity contribution in [2.75, 3.05) is 11.4 Å². The summed E-state index contributed by atoms with van der Waals surface area (Å²) in [6, 6.07) is 5.54. The molecule has 0 spiro atoms. The van der Waals surface area contributed by atoms with Crippen LogP contribution in [0, 0.1) is 0 Å². The van der Waals surface area contributed by atoms with Crippen LogP contribution < -0.4 is 10.2 Å². The van der Waals surface area contributed by atoms with Crippen LogP contribution in [0.1, 0.15) is 45.7 Å². The van der Waals surface area contributed by atoms with E-state index in [0.717, 1.165) is 12.2 Å². The maximum absolute atomic E-state index is 4.44. The third kappa shape index (κ3) is 3.45. The molecule has 1 N–H and O–H groups in total. The van der Waals surface area contributed by atoms with Crippen LogP contribution >= 0.6 is 0 Å². The SMILES string of the molecule is CC(C)NCc1cc(N2CCCCC2C)ccn1. The summed E-state index contributed by atoms with van der Waals surface area (Å²) in [6.45, 7) is 8.69. The molecule has 3 heteroatoms. The first kappa shape index (κ1) is 13.3. The Labute approximate surface area is 111 Å². The molecule has 1 saturated heterocycles. The quantitative estimate of drug-likeness (QED) is 0.886. The summed E-state index contributed by atoms with van der Waals surface area (Å²) in [6.07, 6.45) is 5.92. The van der Waals surface area contributed by atoms with Crippen LogP contribution in [0.2, 0.25) is 0 Å². The highest BCUT2D eigenvalue weighted by Gasteiger charge is 2.18. The van der Waals surface area contributed by atoms with Crippen LogP contribution in [0.15, 0.2) is 18.3 Å². The first-order valence-corrected chi connectivity index (χ1v) is 7.12. The number of nitrogens with zero attached hydrogens (tertiary/aromatic N) is 2. The van der Waals surface area contributed by atoms with Crippen LogP contribution in [0.3, 0.4) is 0 Å². The summed E-state index contributed by atoms with van der Waals surface area (Å²) in [5.74, 6) is 0. The Hall–Kier alpha value is -1.09. The fraction of sp³-hybridized carbons (Fsp3) is 0.667. The number of hydrogen-bond acceptors (Lipinski definition) is 3. The van der Waals surface area contributed by atoms with Crippen molar-refractivity contribution >= 4 is 5.69 Å². The van der Waals surface area contributed by atoms with E-state index in [1.165, 1.54) is 31.5 Å². The summed E-state index contributed by atoms with van der Waals surface area (Å²) in [5, 5.41) is 3.42. The van der Waals surface area contributed by atoms with Gasteiger partial charge in [-0.1, -0.05) is 13.8 Å². The number of aromatic nitrogens is 1. The van der Waals surface area contributed by atoms with E-state index in [1.54, 1.807) is 0 Å². The average Bonchev–Trinajstić information content (AvgIpc) is 2.37. The van der Waals surface area contributed by atoms with Gasteiger partial charge in [-0.25, -0.2) is 0 Å². The van der Waals surface area contributed by atoms with Gasteiger partial charge in [0.05, 0.1) is 5.69 Å². The second-order valence-corrected chi connectivity index (χ2v) is 5.58. The Kier molecular flexibility index (Phi) is 4.59. The Morgan fingerprint density at radius 3 is 3.00 bits per heavy atom. The van der Waals surface area contributed by atoms with Crippen LogP contribution in [-0.4, -0.2) is 23.6 Å². The molecule has 100 valence electrons. The highest BCUT2D eigenvalue weighted by molar-refractivity contribution is 5.47. The second kappa shape index (κ2) is 6.19. The molecular formula is C15H25N3. The highest BCUT2D eigenvalue weighted by Crippen LogP contribution is 2.24. The van der Waals surface area contributed by atoms with Crippen molar-refractivity contribution < 1.29 is 0 Å². The molecule has 1 aromatic rings. The van der Waals surface area contributed by atoms with E-state index in [4.69, 9.17) is 0 Å². The lowest BCUT2D eigenvalue weighted by Crippen LogP contribution is -2.37. The van der Waals surface area contributed by atoms with Crippen molar-refractivity contribution in [1.82, 2.24) is 10.3 Å². The van der Waals surface area contributed by atoms with Crippen LogP contribution in [0.25, 0.3) is 0 Å². The topological polar surface area (TPSA) is 28.2 Å². The van der Waals surface area contributed by atoms with Gasteiger partial charge in [-0.05, 0) is 38.3 Å². The van der Waals surface area contributed by atoms with Gasteiger partial charge in [0.1, 0.15) is 0 Å². The van der Waals surface area contributed by atoms with Crippen LogP contribution in [0.4, 0.5) is 5.69 Å². The molecule has 1 aromatic heterocycles. The lowest BCUT2D eigenvalue weighted by molar-refractivity contribution is 0.484. The first-order chi connectivity index (χ1) is 8.66. The van der Waals surface area contributed by atoms with Gasteiger partial charge >= 0.3 is 0 Å². The van der Waals surface area contributed by atoms with Gasteiger partial charge in [0.15, 0.2) is 0 Å². The van der Waals surface area contributed by atoms with Gasteiger partial charge in [0.2, 0.25) is 0 Å². The van der Waals surface area contributed by atoms with Gasteiger partial charge in [-0.3, -0.25) is 4.98 Å². The van der Waals surface area contributed by atoms with Crippen molar-refractivity contribution in [3.8, 4) is 0 Å². The normalized spacial score (nSPS) is 20.4. The Morgan fingerprint density at radius 2 is 2.28 bits per heavy atom. The summed E-state index contributed by atoms with van der Waals surface area (Å²) >= 11 is 0. The van der Waals surface area contributed by atoms with Gasteiger partial charge in [-0.2, -0.15) is 0 Å². The van der Waals surface area contributed by atoms with Crippen molar-refractivity contribution in [1.29, 1.82) is 0 Å². The third-order valence-electron chi connectivity index (χ3n) is 3.63. The molecular weight excluding hydrogens is 222 g/mol. The molecule has 18 heavy (non-hydrogen) atoms. The van der Waals surface area contributed by atoms with E-state index < -0.39 is 0 Å². The predicted octanol–water partition coefficient (Wildman–Crippen LogP) is 2.96. The number of hydrogen-bond donors (Lipinski definition) is 1. The van der Waals surface area contributed by atoms with Crippen molar-refractivity contribution in [3.63, 3.8) is 0 Å². The first-order valence-electron chi connectivity index (χ1n) is 7.12.